The van der Waals surface area contributed by atoms with E-state index in [0.717, 1.165) is 12.8 Å². The van der Waals surface area contributed by atoms with E-state index in [4.69, 9.17) is 4.74 Å². The average Bonchev–Trinajstić information content (AvgIpc) is 3.19. The first-order valence-electron chi connectivity index (χ1n) is 12.6. The summed E-state index contributed by atoms with van der Waals surface area (Å²) in [5.74, 6) is -1.38. The molecule has 0 aliphatic heterocycles. The number of ether oxygens (including phenoxy) is 1. The third-order valence-electron chi connectivity index (χ3n) is 7.24. The predicted molar refractivity (Wildman–Crippen MR) is 133 cm³/mol. The van der Waals surface area contributed by atoms with Gasteiger partial charge in [0.1, 0.15) is 6.61 Å². The second-order valence-corrected chi connectivity index (χ2v) is 9.70. The van der Waals surface area contributed by atoms with Crippen molar-refractivity contribution in [1.82, 2.24) is 10.6 Å². The Balaban J connectivity index is 1.16. The largest absolute Gasteiger partial charge is 0.481 e. The number of amides is 2. The van der Waals surface area contributed by atoms with E-state index >= 15 is 0 Å². The normalized spacial score (nSPS) is 19.8. The minimum absolute atomic E-state index is 0.0254. The zero-order chi connectivity index (χ0) is 24.8. The van der Waals surface area contributed by atoms with Crippen LogP contribution in [0.3, 0.4) is 0 Å². The molecule has 0 saturated heterocycles. The molecule has 2 amide bonds. The quantitative estimate of drug-likeness (QED) is 0.453. The topological polar surface area (TPSA) is 105 Å². The minimum Gasteiger partial charge on any atom is -0.481 e. The molecule has 0 radical (unpaired) electrons. The van der Waals surface area contributed by atoms with Gasteiger partial charge in [-0.1, -0.05) is 61.9 Å². The van der Waals surface area contributed by atoms with E-state index in [1.54, 1.807) is 0 Å². The molecular formula is C28H34N2O5. The van der Waals surface area contributed by atoms with Crippen LogP contribution in [0.5, 0.6) is 0 Å². The molecule has 2 aliphatic carbocycles. The van der Waals surface area contributed by atoms with Gasteiger partial charge in [-0.15, -0.1) is 0 Å². The second-order valence-electron chi connectivity index (χ2n) is 9.70. The molecule has 2 aliphatic rings. The lowest BCUT2D eigenvalue weighted by Gasteiger charge is -2.28. The number of carbonyl (C=O) groups excluding carboxylic acids is 2. The van der Waals surface area contributed by atoms with E-state index in [1.165, 1.54) is 22.3 Å². The van der Waals surface area contributed by atoms with Crippen LogP contribution in [-0.2, 0) is 14.3 Å². The van der Waals surface area contributed by atoms with E-state index in [2.05, 4.69) is 34.9 Å². The lowest BCUT2D eigenvalue weighted by atomic mass is 9.85. The van der Waals surface area contributed by atoms with Crippen molar-refractivity contribution in [2.24, 2.45) is 11.8 Å². The van der Waals surface area contributed by atoms with Crippen molar-refractivity contribution >= 4 is 18.0 Å². The molecule has 1 saturated carbocycles. The van der Waals surface area contributed by atoms with Crippen LogP contribution in [0.4, 0.5) is 4.79 Å². The molecule has 4 rings (SSSR count). The van der Waals surface area contributed by atoms with Gasteiger partial charge in [-0.25, -0.2) is 4.79 Å². The molecule has 0 heterocycles. The fourth-order valence-electron chi connectivity index (χ4n) is 5.27. The van der Waals surface area contributed by atoms with Crippen molar-refractivity contribution in [2.45, 2.75) is 57.4 Å². The molecule has 7 heteroatoms. The van der Waals surface area contributed by atoms with Crippen LogP contribution >= 0.6 is 0 Å². The van der Waals surface area contributed by atoms with E-state index in [0.29, 0.717) is 32.2 Å². The third kappa shape index (κ3) is 6.02. The maximum absolute atomic E-state index is 12.5. The van der Waals surface area contributed by atoms with Crippen molar-refractivity contribution in [3.05, 3.63) is 59.7 Å². The highest BCUT2D eigenvalue weighted by molar-refractivity contribution is 5.79. The fourth-order valence-corrected chi connectivity index (χ4v) is 5.27. The summed E-state index contributed by atoms with van der Waals surface area (Å²) in [4.78, 5) is 36.0. The van der Waals surface area contributed by atoms with Gasteiger partial charge in [0.2, 0.25) is 5.91 Å². The van der Waals surface area contributed by atoms with Crippen LogP contribution in [0.25, 0.3) is 11.1 Å². The van der Waals surface area contributed by atoms with Gasteiger partial charge in [0.25, 0.3) is 0 Å². The highest BCUT2D eigenvalue weighted by atomic mass is 16.5. The summed E-state index contributed by atoms with van der Waals surface area (Å²) in [6.45, 7) is 2.57. The maximum Gasteiger partial charge on any atom is 0.407 e. The number of aliphatic carboxylic acids is 1. The van der Waals surface area contributed by atoms with Gasteiger partial charge in [-0.05, 0) is 54.4 Å². The first kappa shape index (κ1) is 24.8. The number of nitrogens with one attached hydrogen (secondary N) is 2. The summed E-state index contributed by atoms with van der Waals surface area (Å²) in [5, 5.41) is 15.0. The second kappa shape index (κ2) is 11.4. The molecule has 2 aromatic carbocycles. The number of rotatable bonds is 9. The number of fused-ring (bicyclic) bond motifs is 3. The maximum atomic E-state index is 12.5. The van der Waals surface area contributed by atoms with Crippen LogP contribution in [0, 0.1) is 11.8 Å². The standard InChI is InChI=1S/C28H34N2O5/c1-18(26(31)30-20-10-6-9-19(16-20)27(32)33)8-7-15-29-28(34)35-17-25-23-13-4-2-11-21(23)22-12-3-5-14-24(22)25/h2-5,11-14,18-20,25H,6-10,15-17H2,1H3,(H,29,34)(H,30,31)(H,32,33)/t18?,19-,20+/m1/s1. The third-order valence-corrected chi connectivity index (χ3v) is 7.24. The van der Waals surface area contributed by atoms with Gasteiger partial charge < -0.3 is 20.5 Å². The Kier molecular flexibility index (Phi) is 8.06. The van der Waals surface area contributed by atoms with Crippen LogP contribution < -0.4 is 10.6 Å². The fraction of sp³-hybridized carbons (Fsp3) is 0.464. The molecule has 7 nitrogen and oxygen atoms in total. The molecule has 0 aromatic heterocycles. The Hall–Kier alpha value is -3.35. The van der Waals surface area contributed by atoms with Crippen LogP contribution in [-0.4, -0.2) is 42.3 Å². The number of carbonyl (C=O) groups is 3. The number of hydrogen-bond acceptors (Lipinski definition) is 4. The van der Waals surface area contributed by atoms with E-state index < -0.39 is 12.1 Å². The van der Waals surface area contributed by atoms with Crippen molar-refractivity contribution < 1.29 is 24.2 Å². The van der Waals surface area contributed by atoms with Gasteiger partial charge in [0.05, 0.1) is 5.92 Å². The summed E-state index contributed by atoms with van der Waals surface area (Å²) < 4.78 is 5.55. The Morgan fingerprint density at radius 3 is 2.34 bits per heavy atom. The average molecular weight is 479 g/mol. The molecule has 3 atom stereocenters. The van der Waals surface area contributed by atoms with Crippen LogP contribution in [0.2, 0.25) is 0 Å². The number of carboxylic acid groups (broad SMARTS) is 1. The SMILES string of the molecule is CC(CCCNC(=O)OCC1c2ccccc2-c2ccccc21)C(=O)N[C@H]1CCC[C@@H](C(=O)O)C1. The smallest absolute Gasteiger partial charge is 0.407 e. The van der Waals surface area contributed by atoms with Gasteiger partial charge in [0.15, 0.2) is 0 Å². The predicted octanol–water partition coefficient (Wildman–Crippen LogP) is 4.70. The number of carboxylic acids is 1. The highest BCUT2D eigenvalue weighted by Crippen LogP contribution is 2.44. The summed E-state index contributed by atoms with van der Waals surface area (Å²) in [5.41, 5.74) is 4.73. The zero-order valence-corrected chi connectivity index (χ0v) is 20.2. The minimum atomic E-state index is -0.781. The van der Waals surface area contributed by atoms with Gasteiger partial charge in [0, 0.05) is 24.4 Å². The molecule has 1 fully saturated rings. The number of benzene rings is 2. The zero-order valence-electron chi connectivity index (χ0n) is 20.2. The van der Waals surface area contributed by atoms with E-state index in [1.807, 2.05) is 31.2 Å². The van der Waals surface area contributed by atoms with Crippen LogP contribution in [0.15, 0.2) is 48.5 Å². The van der Waals surface area contributed by atoms with Crippen molar-refractivity contribution in [3.63, 3.8) is 0 Å². The van der Waals surface area contributed by atoms with E-state index in [-0.39, 0.29) is 36.3 Å². The molecule has 3 N–H and O–H groups in total. The Morgan fingerprint density at radius 2 is 1.69 bits per heavy atom. The first-order valence-corrected chi connectivity index (χ1v) is 12.6. The number of alkyl carbamates (subject to hydrolysis) is 1. The Morgan fingerprint density at radius 1 is 1.03 bits per heavy atom. The van der Waals surface area contributed by atoms with Gasteiger partial charge in [-0.3, -0.25) is 9.59 Å². The van der Waals surface area contributed by atoms with Gasteiger partial charge in [-0.2, -0.15) is 0 Å². The molecule has 35 heavy (non-hydrogen) atoms. The van der Waals surface area contributed by atoms with Gasteiger partial charge >= 0.3 is 12.1 Å². The Labute approximate surface area is 206 Å². The molecule has 186 valence electrons. The molecule has 2 aromatic rings. The van der Waals surface area contributed by atoms with E-state index in [9.17, 15) is 19.5 Å². The Bertz CT molecular complexity index is 1020. The summed E-state index contributed by atoms with van der Waals surface area (Å²) in [6, 6.07) is 16.4. The lowest BCUT2D eigenvalue weighted by Crippen LogP contribution is -2.42. The summed E-state index contributed by atoms with van der Waals surface area (Å²) in [6.07, 6.45) is 3.65. The number of hydrogen-bond donors (Lipinski definition) is 3. The summed E-state index contributed by atoms with van der Waals surface area (Å²) in [7, 11) is 0. The first-order chi connectivity index (χ1) is 16.9. The van der Waals surface area contributed by atoms with Crippen molar-refractivity contribution in [3.8, 4) is 11.1 Å². The van der Waals surface area contributed by atoms with Crippen LogP contribution in [0.1, 0.15) is 62.5 Å². The lowest BCUT2D eigenvalue weighted by molar-refractivity contribution is -0.143. The highest BCUT2D eigenvalue weighted by Gasteiger charge is 2.30. The van der Waals surface area contributed by atoms with Crippen molar-refractivity contribution in [2.75, 3.05) is 13.2 Å². The van der Waals surface area contributed by atoms with Crippen molar-refractivity contribution in [1.29, 1.82) is 0 Å². The monoisotopic (exact) mass is 478 g/mol. The molecular weight excluding hydrogens is 444 g/mol. The molecule has 0 bridgehead atoms. The molecule has 0 spiro atoms. The summed E-state index contributed by atoms with van der Waals surface area (Å²) >= 11 is 0. The molecule has 1 unspecified atom stereocenters.